The maximum absolute atomic E-state index is 12.6. The van der Waals surface area contributed by atoms with E-state index in [2.05, 4.69) is 124 Å². The van der Waals surface area contributed by atoms with Crippen LogP contribution in [-0.4, -0.2) is 67.2 Å². The number of carbonyl (C=O) groups is 3. The lowest BCUT2D eigenvalue weighted by Gasteiger charge is -2.39. The Morgan fingerprint density at radius 2 is 0.925 bits per heavy atom. The summed E-state index contributed by atoms with van der Waals surface area (Å²) in [4.78, 5) is 50.7. The number of alkyl halides is 2. The van der Waals surface area contributed by atoms with Crippen LogP contribution < -0.4 is 14.2 Å². The zero-order valence-electron chi connectivity index (χ0n) is 53.6. The SMILES string of the molecule is Cc1ccc(Oc2cccc(C(Br)=C3CCC(CC(=O)c4cn[nH]c4C)CC3)c2)nc1.Cc1ccc(Oc2cccc(C(Br)C3(Br)CCC(CC(=O)c4cn[nH]c4C)CC3)c2)nc1.Cc1ccc(Oc2cccc(C=C3CCC(CC(=O)c4cn[nH]c4C)CC3)c2)nc1. The average Bonchev–Trinajstić information content (AvgIpc) is 1.60. The van der Waals surface area contributed by atoms with Gasteiger partial charge in [0.15, 0.2) is 17.3 Å². The van der Waals surface area contributed by atoms with Crippen LogP contribution in [0.2, 0.25) is 0 Å². The molecular weight excluding hydrogens is 1360 g/mol. The number of H-pyrrole nitrogens is 3. The van der Waals surface area contributed by atoms with Gasteiger partial charge >= 0.3 is 0 Å². The third-order valence-corrected chi connectivity index (χ3v) is 22.0. The number of ether oxygens (including phenoxy) is 3. The van der Waals surface area contributed by atoms with E-state index in [1.54, 1.807) is 37.2 Å². The van der Waals surface area contributed by atoms with E-state index in [1.807, 2.05) is 126 Å². The molecule has 0 amide bonds. The standard InChI is InChI=1S/C25H27Br2N3O2.C25H26BrN3O2.C25H27N3O2/c1-16-6-7-23(28-14-16)32-20-5-3-4-19(13-20)24(26)25(27)10-8-18(9-11-25)12-22(31)21-15-29-30-17(21)2;1-16-6-11-24(27-14-16)31-21-5-3-4-20(13-21)25(26)19-9-7-18(8-10-19)12-23(30)22-15-28-29-17(22)2;1-17-6-11-25(26-15-17)30-22-5-3-4-21(13-22)12-19-7-9-20(10-8-19)14-24(29)23-16-27-28-18(23)2/h3-7,13-15,18,24H,8-12H2,1-2H3,(H,29,30);3-6,11,13-15,18H,7-10,12H2,1-2H3,(H,28,29);3-6,11-13,15-16,20H,7-10,14H2,1-2H3,(H,27,28). The Morgan fingerprint density at radius 1 is 0.516 bits per heavy atom. The number of allylic oxidation sites excluding steroid dienone is 2. The van der Waals surface area contributed by atoms with E-state index in [0.29, 0.717) is 54.7 Å². The smallest absolute Gasteiger partial charge is 0.219 e. The molecule has 3 fully saturated rings. The van der Waals surface area contributed by atoms with Crippen LogP contribution in [-0.2, 0) is 0 Å². The van der Waals surface area contributed by atoms with Crippen molar-refractivity contribution in [1.29, 1.82) is 0 Å². The number of hydrogen-bond donors (Lipinski definition) is 3. The summed E-state index contributed by atoms with van der Waals surface area (Å²) in [6.07, 6.45) is 26.6. The van der Waals surface area contributed by atoms with Gasteiger partial charge in [-0.05, 0) is 206 Å². The largest absolute Gasteiger partial charge is 0.439 e. The molecule has 1 atom stereocenters. The molecule has 6 heterocycles. The highest BCUT2D eigenvalue weighted by molar-refractivity contribution is 9.15. The van der Waals surface area contributed by atoms with Gasteiger partial charge in [-0.2, -0.15) is 15.3 Å². The number of nitrogens with zero attached hydrogens (tertiary/aromatic N) is 6. The minimum absolute atomic E-state index is 0.0567. The molecule has 3 aliphatic rings. The van der Waals surface area contributed by atoms with Crippen LogP contribution in [0, 0.1) is 59.3 Å². The molecule has 0 aliphatic heterocycles. The second-order valence-corrected chi connectivity index (χ2v) is 28.3. The van der Waals surface area contributed by atoms with Gasteiger partial charge in [-0.25, -0.2) is 15.0 Å². The molecule has 3 N–H and O–H groups in total. The van der Waals surface area contributed by atoms with Crippen LogP contribution >= 0.6 is 47.8 Å². The van der Waals surface area contributed by atoms with Crippen molar-refractivity contribution in [3.8, 4) is 34.9 Å². The number of aryl methyl sites for hydroxylation is 6. The summed E-state index contributed by atoms with van der Waals surface area (Å²) in [7, 11) is 0. The fourth-order valence-corrected chi connectivity index (χ4v) is 14.3. The van der Waals surface area contributed by atoms with Crippen LogP contribution in [0.3, 0.4) is 0 Å². The van der Waals surface area contributed by atoms with Crippen molar-refractivity contribution in [3.63, 3.8) is 0 Å². The number of pyridine rings is 3. The lowest BCUT2D eigenvalue weighted by atomic mass is 9.77. The molecule has 6 aromatic heterocycles. The van der Waals surface area contributed by atoms with Gasteiger partial charge in [0.05, 0.1) is 40.1 Å². The van der Waals surface area contributed by atoms with Gasteiger partial charge in [0.25, 0.3) is 0 Å². The molecule has 1 unspecified atom stereocenters. The Hall–Kier alpha value is -7.93. The number of rotatable bonds is 19. The molecule has 3 aliphatic carbocycles. The lowest BCUT2D eigenvalue weighted by Crippen LogP contribution is -2.32. The van der Waals surface area contributed by atoms with Gasteiger partial charge in [0.1, 0.15) is 17.2 Å². The summed E-state index contributed by atoms with van der Waals surface area (Å²) in [6.45, 7) is 11.7. The van der Waals surface area contributed by atoms with E-state index in [-0.39, 0.29) is 26.5 Å². The van der Waals surface area contributed by atoms with Crippen LogP contribution in [0.1, 0.15) is 183 Å². The quantitative estimate of drug-likeness (QED) is 0.0511. The van der Waals surface area contributed by atoms with Gasteiger partial charge < -0.3 is 14.2 Å². The number of halogens is 3. The lowest BCUT2D eigenvalue weighted by molar-refractivity contribution is 0.0939. The summed E-state index contributed by atoms with van der Waals surface area (Å²) < 4.78 is 18.8. The predicted molar refractivity (Wildman–Crippen MR) is 376 cm³/mol. The van der Waals surface area contributed by atoms with Crippen molar-refractivity contribution in [2.45, 2.75) is 147 Å². The predicted octanol–water partition coefficient (Wildman–Crippen LogP) is 20.1. The molecule has 3 saturated carbocycles. The molecule has 3 aromatic carbocycles. The first-order valence-electron chi connectivity index (χ1n) is 32.0. The first kappa shape index (κ1) is 67.9. The van der Waals surface area contributed by atoms with Gasteiger partial charge in [-0.3, -0.25) is 29.7 Å². The number of Topliss-reactive ketones (excluding diaryl/α,β-unsaturated/α-hetero) is 3. The van der Waals surface area contributed by atoms with Crippen molar-refractivity contribution < 1.29 is 28.6 Å². The van der Waals surface area contributed by atoms with Crippen molar-refractivity contribution in [3.05, 3.63) is 225 Å². The number of nitrogens with one attached hydrogen (secondary N) is 3. The average molecular weight is 1440 g/mol. The van der Waals surface area contributed by atoms with E-state index in [4.69, 9.17) is 14.2 Å². The molecule has 93 heavy (non-hydrogen) atoms. The topological polar surface area (TPSA) is 204 Å². The highest BCUT2D eigenvalue weighted by Crippen LogP contribution is 2.52. The van der Waals surface area contributed by atoms with Gasteiger partial charge in [-0.1, -0.05) is 120 Å². The Morgan fingerprint density at radius 3 is 1.35 bits per heavy atom. The van der Waals surface area contributed by atoms with E-state index < -0.39 is 0 Å². The zero-order valence-corrected chi connectivity index (χ0v) is 58.4. The highest BCUT2D eigenvalue weighted by atomic mass is 79.9. The Kier molecular flexibility index (Phi) is 23.6. The van der Waals surface area contributed by atoms with E-state index in [9.17, 15) is 14.4 Å². The van der Waals surface area contributed by atoms with Crippen LogP contribution in [0.5, 0.6) is 34.9 Å². The fourth-order valence-electron chi connectivity index (χ4n) is 12.2. The summed E-state index contributed by atoms with van der Waals surface area (Å²) in [6, 6.07) is 35.9. The fraction of sp³-hybridized carbons (Fsp3) is 0.347. The van der Waals surface area contributed by atoms with Gasteiger partial charge in [0.2, 0.25) is 17.6 Å². The Balaban J connectivity index is 0.000000153. The first-order chi connectivity index (χ1) is 44.9. The van der Waals surface area contributed by atoms with Crippen molar-refractivity contribution >= 4 is 75.7 Å². The number of ketones is 3. The van der Waals surface area contributed by atoms with Crippen molar-refractivity contribution in [2.75, 3.05) is 0 Å². The van der Waals surface area contributed by atoms with E-state index >= 15 is 0 Å². The molecular formula is C75H80Br3N9O6. The Labute approximate surface area is 570 Å². The third-order valence-electron chi connectivity index (χ3n) is 17.8. The molecule has 9 aromatic rings. The van der Waals surface area contributed by atoms with Crippen LogP contribution in [0.15, 0.2) is 158 Å². The maximum atomic E-state index is 12.6. The second-order valence-electron chi connectivity index (χ2n) is 25.1. The Bertz CT molecular complexity index is 4030. The molecule has 0 saturated heterocycles. The molecule has 482 valence electrons. The normalized spacial score (nSPS) is 18.2. The number of carbonyl (C=O) groups excluding carboxylic acids is 3. The first-order valence-corrected chi connectivity index (χ1v) is 34.5. The number of hydrogen-bond acceptors (Lipinski definition) is 12. The minimum atomic E-state index is -0.0567. The maximum Gasteiger partial charge on any atom is 0.219 e. The van der Waals surface area contributed by atoms with E-state index in [0.717, 1.165) is 166 Å². The van der Waals surface area contributed by atoms with E-state index in [1.165, 1.54) is 11.1 Å². The summed E-state index contributed by atoms with van der Waals surface area (Å²) in [5, 5.41) is 20.5. The highest BCUT2D eigenvalue weighted by Gasteiger charge is 2.40. The molecule has 18 heteroatoms. The second kappa shape index (κ2) is 32.3. The van der Waals surface area contributed by atoms with Crippen LogP contribution in [0.25, 0.3) is 10.6 Å². The molecule has 0 bridgehead atoms. The van der Waals surface area contributed by atoms with Crippen molar-refractivity contribution in [2.24, 2.45) is 17.8 Å². The zero-order chi connectivity index (χ0) is 65.4. The number of aromatic amines is 3. The molecule has 0 spiro atoms. The molecule has 15 nitrogen and oxygen atoms in total. The molecule has 0 radical (unpaired) electrons. The van der Waals surface area contributed by atoms with Gasteiger partial charge in [0, 0.05) is 81.9 Å². The summed E-state index contributed by atoms with van der Waals surface area (Å²) in [5.41, 5.74) is 14.3. The number of aromatic nitrogens is 9. The minimum Gasteiger partial charge on any atom is -0.439 e. The molecule has 12 rings (SSSR count). The van der Waals surface area contributed by atoms with Crippen molar-refractivity contribution in [1.82, 2.24) is 45.5 Å². The third kappa shape index (κ3) is 19.1. The van der Waals surface area contributed by atoms with Crippen LogP contribution in [0.4, 0.5) is 0 Å². The number of benzene rings is 3. The monoisotopic (exact) mass is 1440 g/mol. The van der Waals surface area contributed by atoms with Gasteiger partial charge in [-0.15, -0.1) is 0 Å². The summed E-state index contributed by atoms with van der Waals surface area (Å²) in [5.74, 6) is 5.96. The summed E-state index contributed by atoms with van der Waals surface area (Å²) >= 11 is 11.8.